The highest BCUT2D eigenvalue weighted by Gasteiger charge is 2.45. The van der Waals surface area contributed by atoms with E-state index in [0.717, 1.165) is 29.6 Å². The van der Waals surface area contributed by atoms with Crippen molar-refractivity contribution in [1.29, 1.82) is 5.26 Å². The van der Waals surface area contributed by atoms with Gasteiger partial charge in [0.05, 0.1) is 24.0 Å². The average Bonchev–Trinajstić information content (AvgIpc) is 3.27. The molecule has 2 aliphatic heterocycles. The third-order valence-corrected chi connectivity index (χ3v) is 6.06. The Hall–Kier alpha value is -3.03. The minimum absolute atomic E-state index is 0.0101. The molecule has 8 nitrogen and oxygen atoms in total. The normalized spacial score (nSPS) is 23.6. The lowest BCUT2D eigenvalue weighted by molar-refractivity contribution is -0.103. The molecule has 3 heterocycles. The number of hydrogen-bond donors (Lipinski definition) is 2. The largest absolute Gasteiger partial charge is 0.465 e. The topological polar surface area (TPSA) is 105 Å². The summed E-state index contributed by atoms with van der Waals surface area (Å²) >= 11 is 0. The summed E-state index contributed by atoms with van der Waals surface area (Å²) in [5, 5.41) is 19.0. The van der Waals surface area contributed by atoms with Crippen LogP contribution in [0.4, 0.5) is 13.6 Å². The van der Waals surface area contributed by atoms with Gasteiger partial charge in [0.2, 0.25) is 5.82 Å². The van der Waals surface area contributed by atoms with Crippen LogP contribution in [0.3, 0.4) is 0 Å². The van der Waals surface area contributed by atoms with Crippen LogP contribution in [0.1, 0.15) is 56.1 Å². The number of H-pyrrole nitrogens is 1. The molecule has 2 aromatic rings. The first-order valence-corrected chi connectivity index (χ1v) is 10.4. The fourth-order valence-electron chi connectivity index (χ4n) is 4.72. The van der Waals surface area contributed by atoms with Gasteiger partial charge < -0.3 is 14.8 Å². The summed E-state index contributed by atoms with van der Waals surface area (Å²) in [6, 6.07) is 4.23. The zero-order valence-electron chi connectivity index (χ0n) is 18.1. The number of rotatable bonds is 3. The Labute approximate surface area is 184 Å². The SMILES string of the molecule is CC(C)(C)N(C(=O)O)[C@H]1C[C@@H](N2Cc3nc(C#N)[nH]c3C2)CO[C@@H]1c1cc(F)ccc1F. The molecule has 0 saturated carbocycles. The molecule has 32 heavy (non-hydrogen) atoms. The quantitative estimate of drug-likeness (QED) is 0.749. The van der Waals surface area contributed by atoms with Crippen LogP contribution >= 0.6 is 0 Å². The zero-order chi connectivity index (χ0) is 23.2. The molecule has 1 aromatic heterocycles. The van der Waals surface area contributed by atoms with Crippen LogP contribution in [-0.2, 0) is 17.8 Å². The predicted molar refractivity (Wildman–Crippen MR) is 109 cm³/mol. The molecule has 0 aliphatic carbocycles. The zero-order valence-corrected chi connectivity index (χ0v) is 18.1. The molecule has 3 atom stereocenters. The maximum atomic E-state index is 14.6. The first-order valence-electron chi connectivity index (χ1n) is 10.4. The summed E-state index contributed by atoms with van der Waals surface area (Å²) in [6.45, 7) is 6.53. The Balaban J connectivity index is 1.64. The number of amides is 1. The fourth-order valence-corrected chi connectivity index (χ4v) is 4.72. The van der Waals surface area contributed by atoms with Crippen molar-refractivity contribution in [3.8, 4) is 6.07 Å². The van der Waals surface area contributed by atoms with Crippen molar-refractivity contribution in [1.82, 2.24) is 19.8 Å². The van der Waals surface area contributed by atoms with Gasteiger partial charge in [-0.1, -0.05) is 0 Å². The molecule has 2 N–H and O–H groups in total. The Morgan fingerprint density at radius 1 is 1.38 bits per heavy atom. The number of nitrogens with one attached hydrogen (secondary N) is 1. The lowest BCUT2D eigenvalue weighted by Crippen LogP contribution is -2.58. The standard InChI is InChI=1S/C22H25F2N5O3/c1-22(2,3)29(21(30)31)18-7-13(28-9-16-17(10-28)27-19(8-25)26-16)11-32-20(18)14-6-12(23)4-5-15(14)24/h4-6,13,18,20H,7,9-11H2,1-3H3,(H,26,27)(H,30,31)/t13-,18+,20-/m1/s1. The van der Waals surface area contributed by atoms with E-state index in [-0.39, 0.29) is 24.0 Å². The number of hydrogen-bond acceptors (Lipinski definition) is 5. The van der Waals surface area contributed by atoms with Crippen molar-refractivity contribution in [2.24, 2.45) is 0 Å². The van der Waals surface area contributed by atoms with Gasteiger partial charge in [0.15, 0.2) is 0 Å². The van der Waals surface area contributed by atoms with E-state index in [2.05, 4.69) is 14.9 Å². The number of carbonyl (C=O) groups is 1. The van der Waals surface area contributed by atoms with Gasteiger partial charge in [0.1, 0.15) is 23.8 Å². The molecule has 0 spiro atoms. The summed E-state index contributed by atoms with van der Waals surface area (Å²) in [4.78, 5) is 22.9. The monoisotopic (exact) mass is 445 g/mol. The molecule has 1 aromatic carbocycles. The number of aromatic nitrogens is 2. The molecular weight excluding hydrogens is 420 g/mol. The van der Waals surface area contributed by atoms with Gasteiger partial charge in [-0.25, -0.2) is 18.6 Å². The van der Waals surface area contributed by atoms with Gasteiger partial charge in [-0.3, -0.25) is 9.80 Å². The maximum Gasteiger partial charge on any atom is 0.408 e. The molecule has 0 radical (unpaired) electrons. The van der Waals surface area contributed by atoms with E-state index < -0.39 is 35.4 Å². The molecule has 10 heteroatoms. The minimum Gasteiger partial charge on any atom is -0.465 e. The van der Waals surface area contributed by atoms with Gasteiger partial charge in [-0.2, -0.15) is 5.26 Å². The highest BCUT2D eigenvalue weighted by Crippen LogP contribution is 2.39. The van der Waals surface area contributed by atoms with Crippen molar-refractivity contribution in [2.75, 3.05) is 6.61 Å². The molecule has 1 saturated heterocycles. The number of nitrogens with zero attached hydrogens (tertiary/aromatic N) is 4. The van der Waals surface area contributed by atoms with Crippen LogP contribution < -0.4 is 0 Å². The van der Waals surface area contributed by atoms with Crippen LogP contribution in [0.15, 0.2) is 18.2 Å². The number of nitriles is 1. The van der Waals surface area contributed by atoms with Gasteiger partial charge in [0.25, 0.3) is 0 Å². The van der Waals surface area contributed by atoms with E-state index in [9.17, 15) is 18.7 Å². The minimum atomic E-state index is -1.15. The summed E-state index contributed by atoms with van der Waals surface area (Å²) < 4.78 is 34.6. The van der Waals surface area contributed by atoms with Gasteiger partial charge in [-0.15, -0.1) is 0 Å². The van der Waals surface area contributed by atoms with Crippen molar-refractivity contribution in [3.05, 3.63) is 52.6 Å². The van der Waals surface area contributed by atoms with Crippen LogP contribution in [0, 0.1) is 23.0 Å². The van der Waals surface area contributed by atoms with Crippen molar-refractivity contribution in [3.63, 3.8) is 0 Å². The summed E-state index contributed by atoms with van der Waals surface area (Å²) in [5.74, 6) is -0.983. The number of halogens is 2. The Morgan fingerprint density at radius 2 is 2.12 bits per heavy atom. The third-order valence-electron chi connectivity index (χ3n) is 6.06. The second kappa shape index (κ2) is 8.15. The van der Waals surface area contributed by atoms with Gasteiger partial charge in [0, 0.05) is 30.2 Å². The number of ether oxygens (including phenoxy) is 1. The first-order chi connectivity index (χ1) is 15.1. The number of fused-ring (bicyclic) bond motifs is 1. The molecule has 1 amide bonds. The van der Waals surface area contributed by atoms with Crippen molar-refractivity contribution < 1.29 is 23.4 Å². The van der Waals surface area contributed by atoms with Crippen LogP contribution in [0.25, 0.3) is 0 Å². The van der Waals surface area contributed by atoms with E-state index in [4.69, 9.17) is 10.00 Å². The number of imidazole rings is 1. The molecule has 0 bridgehead atoms. The van der Waals surface area contributed by atoms with E-state index in [1.165, 1.54) is 4.90 Å². The second-order valence-electron chi connectivity index (χ2n) is 9.23. The summed E-state index contributed by atoms with van der Waals surface area (Å²) in [5.41, 5.74) is 0.850. The summed E-state index contributed by atoms with van der Waals surface area (Å²) in [6.07, 6.45) is -1.72. The van der Waals surface area contributed by atoms with Crippen LogP contribution in [0.2, 0.25) is 0 Å². The van der Waals surface area contributed by atoms with E-state index in [1.807, 2.05) is 6.07 Å². The molecule has 170 valence electrons. The lowest BCUT2D eigenvalue weighted by Gasteiger charge is -2.48. The molecule has 4 rings (SSSR count). The fraction of sp³-hybridized carbons (Fsp3) is 0.500. The van der Waals surface area contributed by atoms with E-state index in [0.29, 0.717) is 19.5 Å². The average molecular weight is 445 g/mol. The molecular formula is C22H25F2N5O3. The van der Waals surface area contributed by atoms with Gasteiger partial charge in [-0.05, 0) is 45.4 Å². The Kier molecular flexibility index (Phi) is 5.65. The maximum absolute atomic E-state index is 14.6. The number of benzene rings is 1. The Bertz CT molecular complexity index is 1050. The second-order valence-corrected chi connectivity index (χ2v) is 9.23. The van der Waals surface area contributed by atoms with E-state index >= 15 is 0 Å². The van der Waals surface area contributed by atoms with Crippen LogP contribution in [-0.4, -0.2) is 55.2 Å². The third kappa shape index (κ3) is 4.06. The number of aromatic amines is 1. The first kappa shape index (κ1) is 22.2. The van der Waals surface area contributed by atoms with E-state index in [1.54, 1.807) is 20.8 Å². The number of carboxylic acid groups (broad SMARTS) is 1. The lowest BCUT2D eigenvalue weighted by atomic mass is 9.88. The molecule has 0 unspecified atom stereocenters. The van der Waals surface area contributed by atoms with Crippen LogP contribution in [0.5, 0.6) is 0 Å². The highest BCUT2D eigenvalue weighted by atomic mass is 19.1. The molecule has 1 fully saturated rings. The highest BCUT2D eigenvalue weighted by molar-refractivity contribution is 5.66. The predicted octanol–water partition coefficient (Wildman–Crippen LogP) is 3.55. The van der Waals surface area contributed by atoms with Crippen molar-refractivity contribution >= 4 is 6.09 Å². The smallest absolute Gasteiger partial charge is 0.408 e. The van der Waals surface area contributed by atoms with Gasteiger partial charge >= 0.3 is 6.09 Å². The van der Waals surface area contributed by atoms with Crippen molar-refractivity contribution in [2.45, 2.75) is 64.0 Å². The Morgan fingerprint density at radius 3 is 2.75 bits per heavy atom. The molecule has 2 aliphatic rings. The summed E-state index contributed by atoms with van der Waals surface area (Å²) in [7, 11) is 0.